The molecule has 1 atom stereocenters. The van der Waals surface area contributed by atoms with Gasteiger partial charge in [-0.3, -0.25) is 4.79 Å². The minimum atomic E-state index is -1.24. The Hall–Kier alpha value is -2.11. The fraction of sp³-hybridized carbons (Fsp3) is 0.273. The van der Waals surface area contributed by atoms with Crippen molar-refractivity contribution in [2.75, 3.05) is 11.9 Å². The van der Waals surface area contributed by atoms with Gasteiger partial charge in [-0.15, -0.1) is 0 Å². The lowest BCUT2D eigenvalue weighted by atomic mass is 10.1. The highest BCUT2D eigenvalue weighted by molar-refractivity contribution is 5.83. The van der Waals surface area contributed by atoms with Gasteiger partial charge in [-0.1, -0.05) is 0 Å². The average molecular weight is 241 g/mol. The van der Waals surface area contributed by atoms with Gasteiger partial charge in [-0.25, -0.2) is 9.18 Å². The molecule has 0 heterocycles. The summed E-state index contributed by atoms with van der Waals surface area (Å²) < 4.78 is 12.7. The van der Waals surface area contributed by atoms with E-state index in [4.69, 9.17) is 10.2 Å². The molecule has 92 valence electrons. The molecule has 0 amide bonds. The van der Waals surface area contributed by atoms with Crippen LogP contribution in [0.25, 0.3) is 0 Å². The highest BCUT2D eigenvalue weighted by Crippen LogP contribution is 2.17. The molecule has 1 aromatic carbocycles. The molecule has 0 aliphatic heterocycles. The first-order valence-electron chi connectivity index (χ1n) is 4.85. The molecule has 0 aromatic heterocycles. The lowest BCUT2D eigenvalue weighted by Gasteiger charge is -2.25. The maximum absolute atomic E-state index is 12.7. The number of aliphatic carboxylic acids is 2. The van der Waals surface area contributed by atoms with E-state index in [2.05, 4.69) is 0 Å². The zero-order valence-electron chi connectivity index (χ0n) is 9.13. The quantitative estimate of drug-likeness (QED) is 0.809. The number of anilines is 1. The Morgan fingerprint density at radius 2 is 1.82 bits per heavy atom. The molecule has 5 nitrogen and oxygen atoms in total. The molecule has 0 spiro atoms. The fourth-order valence-electron chi connectivity index (χ4n) is 1.41. The molecule has 0 bridgehead atoms. The van der Waals surface area contributed by atoms with Gasteiger partial charge in [0, 0.05) is 12.7 Å². The monoisotopic (exact) mass is 241 g/mol. The van der Waals surface area contributed by atoms with E-state index in [0.29, 0.717) is 5.69 Å². The van der Waals surface area contributed by atoms with Crippen molar-refractivity contribution in [3.8, 4) is 0 Å². The SMILES string of the molecule is CN(c1ccc(F)cc1)C(CC(=O)O)C(=O)O. The van der Waals surface area contributed by atoms with E-state index in [1.165, 1.54) is 36.2 Å². The number of rotatable bonds is 5. The van der Waals surface area contributed by atoms with Gasteiger partial charge in [-0.2, -0.15) is 0 Å². The van der Waals surface area contributed by atoms with Crippen LogP contribution in [0.3, 0.4) is 0 Å². The topological polar surface area (TPSA) is 77.8 Å². The van der Waals surface area contributed by atoms with Crippen LogP contribution in [0.5, 0.6) is 0 Å². The van der Waals surface area contributed by atoms with Gasteiger partial charge in [0.05, 0.1) is 6.42 Å². The molecule has 0 radical (unpaired) electrons. The number of carbonyl (C=O) groups is 2. The first-order valence-corrected chi connectivity index (χ1v) is 4.85. The van der Waals surface area contributed by atoms with Crippen molar-refractivity contribution in [2.24, 2.45) is 0 Å². The van der Waals surface area contributed by atoms with Crippen LogP contribution in [0, 0.1) is 5.82 Å². The lowest BCUT2D eigenvalue weighted by molar-refractivity contribution is -0.145. The smallest absolute Gasteiger partial charge is 0.326 e. The number of hydrogen-bond acceptors (Lipinski definition) is 3. The van der Waals surface area contributed by atoms with E-state index >= 15 is 0 Å². The Balaban J connectivity index is 2.91. The van der Waals surface area contributed by atoms with Gasteiger partial charge in [0.25, 0.3) is 0 Å². The second kappa shape index (κ2) is 5.29. The van der Waals surface area contributed by atoms with Crippen LogP contribution in [0.2, 0.25) is 0 Å². The zero-order chi connectivity index (χ0) is 13.0. The molecule has 0 aliphatic rings. The molecule has 0 fully saturated rings. The van der Waals surface area contributed by atoms with Crippen molar-refractivity contribution in [2.45, 2.75) is 12.5 Å². The minimum Gasteiger partial charge on any atom is -0.481 e. The Morgan fingerprint density at radius 3 is 2.24 bits per heavy atom. The Labute approximate surface area is 97.1 Å². The number of likely N-dealkylation sites (N-methyl/N-ethyl adjacent to an activating group) is 1. The molecule has 0 saturated carbocycles. The zero-order valence-corrected chi connectivity index (χ0v) is 9.13. The maximum atomic E-state index is 12.7. The normalized spacial score (nSPS) is 11.9. The molecule has 0 aliphatic carbocycles. The van der Waals surface area contributed by atoms with Crippen molar-refractivity contribution in [1.29, 1.82) is 0 Å². The molecule has 17 heavy (non-hydrogen) atoms. The summed E-state index contributed by atoms with van der Waals surface area (Å²) in [6.45, 7) is 0. The van der Waals surface area contributed by atoms with E-state index in [1.54, 1.807) is 0 Å². The van der Waals surface area contributed by atoms with Gasteiger partial charge < -0.3 is 15.1 Å². The number of halogens is 1. The summed E-state index contributed by atoms with van der Waals surface area (Å²) in [5, 5.41) is 17.6. The van der Waals surface area contributed by atoms with Crippen LogP contribution in [-0.4, -0.2) is 35.2 Å². The Kier molecular flexibility index (Phi) is 4.03. The van der Waals surface area contributed by atoms with Crippen LogP contribution >= 0.6 is 0 Å². The van der Waals surface area contributed by atoms with Gasteiger partial charge in [0.2, 0.25) is 0 Å². The van der Waals surface area contributed by atoms with Crippen LogP contribution in [0.4, 0.5) is 10.1 Å². The highest BCUT2D eigenvalue weighted by atomic mass is 19.1. The van der Waals surface area contributed by atoms with E-state index in [1.807, 2.05) is 0 Å². The first-order chi connectivity index (χ1) is 7.91. The van der Waals surface area contributed by atoms with Crippen molar-refractivity contribution < 1.29 is 24.2 Å². The number of carboxylic acid groups (broad SMARTS) is 2. The summed E-state index contributed by atoms with van der Waals surface area (Å²) in [5.74, 6) is -2.88. The molecule has 1 aromatic rings. The summed E-state index contributed by atoms with van der Waals surface area (Å²) in [5.41, 5.74) is 0.444. The fourth-order valence-corrected chi connectivity index (χ4v) is 1.41. The van der Waals surface area contributed by atoms with Gasteiger partial charge >= 0.3 is 11.9 Å². The molecular formula is C11H12FNO4. The highest BCUT2D eigenvalue weighted by Gasteiger charge is 2.25. The summed E-state index contributed by atoms with van der Waals surface area (Å²) in [6, 6.07) is 3.98. The van der Waals surface area contributed by atoms with Crippen LogP contribution in [-0.2, 0) is 9.59 Å². The summed E-state index contributed by atoms with van der Waals surface area (Å²) >= 11 is 0. The van der Waals surface area contributed by atoms with Crippen LogP contribution < -0.4 is 4.90 Å². The van der Waals surface area contributed by atoms with E-state index in [0.717, 1.165) is 0 Å². The average Bonchev–Trinajstić information content (AvgIpc) is 2.25. The summed E-state index contributed by atoms with van der Waals surface area (Å²) in [6.07, 6.45) is -0.525. The maximum Gasteiger partial charge on any atom is 0.326 e. The number of nitrogens with zero attached hydrogens (tertiary/aromatic N) is 1. The lowest BCUT2D eigenvalue weighted by Crippen LogP contribution is -2.40. The van der Waals surface area contributed by atoms with Gasteiger partial charge in [0.15, 0.2) is 0 Å². The van der Waals surface area contributed by atoms with Crippen molar-refractivity contribution in [3.63, 3.8) is 0 Å². The third-order valence-electron chi connectivity index (χ3n) is 2.35. The van der Waals surface area contributed by atoms with Crippen molar-refractivity contribution >= 4 is 17.6 Å². The van der Waals surface area contributed by atoms with E-state index < -0.39 is 30.2 Å². The van der Waals surface area contributed by atoms with Crippen molar-refractivity contribution in [3.05, 3.63) is 30.1 Å². The molecule has 1 unspecified atom stereocenters. The van der Waals surface area contributed by atoms with E-state index in [9.17, 15) is 14.0 Å². The molecule has 6 heteroatoms. The third-order valence-corrected chi connectivity index (χ3v) is 2.35. The molecular weight excluding hydrogens is 229 g/mol. The van der Waals surface area contributed by atoms with E-state index in [-0.39, 0.29) is 0 Å². The minimum absolute atomic E-state index is 0.438. The predicted molar refractivity (Wildman–Crippen MR) is 58.5 cm³/mol. The van der Waals surface area contributed by atoms with Crippen molar-refractivity contribution in [1.82, 2.24) is 0 Å². The molecule has 0 saturated heterocycles. The van der Waals surface area contributed by atoms with Crippen LogP contribution in [0.15, 0.2) is 24.3 Å². The summed E-state index contributed by atoms with van der Waals surface area (Å²) in [4.78, 5) is 22.8. The van der Waals surface area contributed by atoms with Crippen LogP contribution in [0.1, 0.15) is 6.42 Å². The summed E-state index contributed by atoms with van der Waals surface area (Å²) in [7, 11) is 1.45. The molecule has 1 rings (SSSR count). The largest absolute Gasteiger partial charge is 0.481 e. The number of benzene rings is 1. The Bertz CT molecular complexity index is 418. The Morgan fingerprint density at radius 1 is 1.29 bits per heavy atom. The second-order valence-electron chi connectivity index (χ2n) is 3.54. The second-order valence-corrected chi connectivity index (χ2v) is 3.54. The van der Waals surface area contributed by atoms with Gasteiger partial charge in [-0.05, 0) is 24.3 Å². The third kappa shape index (κ3) is 3.44. The number of carboxylic acids is 2. The molecule has 2 N–H and O–H groups in total. The predicted octanol–water partition coefficient (Wildman–Crippen LogP) is 1.19. The first kappa shape index (κ1) is 13.0. The number of hydrogen-bond donors (Lipinski definition) is 2. The standard InChI is InChI=1S/C11H12FNO4/c1-13(8-4-2-7(12)3-5-8)9(11(16)17)6-10(14)15/h2-5,9H,6H2,1H3,(H,14,15)(H,16,17). The van der Waals surface area contributed by atoms with Gasteiger partial charge in [0.1, 0.15) is 11.9 Å².